The third kappa shape index (κ3) is 2.45. The largest absolute Gasteiger partial charge is 0.295 e. The lowest BCUT2D eigenvalue weighted by Crippen LogP contribution is -2.19. The van der Waals surface area contributed by atoms with Crippen molar-refractivity contribution in [3.05, 3.63) is 48.0 Å². The minimum absolute atomic E-state index is 0.0641. The van der Waals surface area contributed by atoms with Crippen LogP contribution in [0.4, 0.5) is 0 Å². The van der Waals surface area contributed by atoms with Crippen molar-refractivity contribution in [3.8, 4) is 0 Å². The van der Waals surface area contributed by atoms with E-state index in [1.807, 2.05) is 24.3 Å². The minimum atomic E-state index is -0.113. The van der Waals surface area contributed by atoms with E-state index in [1.54, 1.807) is 18.2 Å². The number of hydrogen-bond donors (Lipinski definition) is 0. The molecule has 2 nitrogen and oxygen atoms in total. The van der Waals surface area contributed by atoms with Gasteiger partial charge in [0.25, 0.3) is 0 Å². The SMILES string of the molecule is O=C(CC1CCC=CC1=O)c1ccccc1. The number of Topliss-reactive ketones (excluding diaryl/α,β-unsaturated/α-hetero) is 1. The highest BCUT2D eigenvalue weighted by atomic mass is 16.1. The van der Waals surface area contributed by atoms with Crippen LogP contribution in [0.25, 0.3) is 0 Å². The number of hydrogen-bond acceptors (Lipinski definition) is 2. The molecule has 0 aromatic heterocycles. The average Bonchev–Trinajstić information content (AvgIpc) is 2.33. The van der Waals surface area contributed by atoms with Gasteiger partial charge in [-0.05, 0) is 18.9 Å². The predicted molar refractivity (Wildman–Crippen MR) is 62.3 cm³/mol. The molecule has 0 bridgehead atoms. The monoisotopic (exact) mass is 214 g/mol. The minimum Gasteiger partial charge on any atom is -0.295 e. The molecule has 0 saturated heterocycles. The Morgan fingerprint density at radius 3 is 2.69 bits per heavy atom. The summed E-state index contributed by atoms with van der Waals surface area (Å²) in [5, 5.41) is 0. The summed E-state index contributed by atoms with van der Waals surface area (Å²) in [6, 6.07) is 9.16. The van der Waals surface area contributed by atoms with Gasteiger partial charge in [0.1, 0.15) is 0 Å². The van der Waals surface area contributed by atoms with Gasteiger partial charge >= 0.3 is 0 Å². The molecule has 1 atom stereocenters. The molecular weight excluding hydrogens is 200 g/mol. The van der Waals surface area contributed by atoms with E-state index in [0.29, 0.717) is 12.0 Å². The van der Waals surface area contributed by atoms with Crippen LogP contribution in [0.2, 0.25) is 0 Å². The Balaban J connectivity index is 2.03. The van der Waals surface area contributed by atoms with Crippen LogP contribution in [0.5, 0.6) is 0 Å². The Kier molecular flexibility index (Phi) is 3.30. The average molecular weight is 214 g/mol. The van der Waals surface area contributed by atoms with Crippen molar-refractivity contribution in [1.29, 1.82) is 0 Å². The quantitative estimate of drug-likeness (QED) is 0.725. The molecule has 1 aliphatic rings. The van der Waals surface area contributed by atoms with Crippen LogP contribution in [0.3, 0.4) is 0 Å². The van der Waals surface area contributed by atoms with Crippen molar-refractivity contribution < 1.29 is 9.59 Å². The third-order valence-electron chi connectivity index (χ3n) is 2.89. The van der Waals surface area contributed by atoms with Crippen molar-refractivity contribution in [2.24, 2.45) is 5.92 Å². The van der Waals surface area contributed by atoms with Crippen LogP contribution in [0, 0.1) is 5.92 Å². The lowest BCUT2D eigenvalue weighted by atomic mass is 9.87. The van der Waals surface area contributed by atoms with Crippen molar-refractivity contribution in [1.82, 2.24) is 0 Å². The summed E-state index contributed by atoms with van der Waals surface area (Å²) in [6.45, 7) is 0. The van der Waals surface area contributed by atoms with E-state index in [-0.39, 0.29) is 17.5 Å². The van der Waals surface area contributed by atoms with Crippen LogP contribution >= 0.6 is 0 Å². The number of ketones is 2. The number of carbonyl (C=O) groups excluding carboxylic acids is 2. The lowest BCUT2D eigenvalue weighted by Gasteiger charge is -2.15. The van der Waals surface area contributed by atoms with E-state index < -0.39 is 0 Å². The van der Waals surface area contributed by atoms with Gasteiger partial charge in [-0.3, -0.25) is 9.59 Å². The number of carbonyl (C=O) groups is 2. The van der Waals surface area contributed by atoms with E-state index in [1.165, 1.54) is 0 Å². The smallest absolute Gasteiger partial charge is 0.163 e. The molecule has 0 saturated carbocycles. The third-order valence-corrected chi connectivity index (χ3v) is 2.89. The van der Waals surface area contributed by atoms with E-state index in [2.05, 4.69) is 0 Å². The van der Waals surface area contributed by atoms with Crippen molar-refractivity contribution in [3.63, 3.8) is 0 Å². The molecule has 0 radical (unpaired) electrons. The first kappa shape index (κ1) is 10.8. The normalized spacial score (nSPS) is 19.8. The van der Waals surface area contributed by atoms with Crippen LogP contribution in [0.15, 0.2) is 42.5 Å². The fourth-order valence-corrected chi connectivity index (χ4v) is 1.94. The zero-order valence-electron chi connectivity index (χ0n) is 9.06. The van der Waals surface area contributed by atoms with E-state index >= 15 is 0 Å². The fraction of sp³-hybridized carbons (Fsp3) is 0.286. The Labute approximate surface area is 95.0 Å². The van der Waals surface area contributed by atoms with E-state index in [0.717, 1.165) is 12.8 Å². The zero-order valence-corrected chi connectivity index (χ0v) is 9.06. The Bertz CT molecular complexity index is 418. The molecule has 1 aromatic rings. The molecular formula is C14H14O2. The topological polar surface area (TPSA) is 34.1 Å². The first-order chi connectivity index (χ1) is 7.77. The standard InChI is InChI=1S/C14H14O2/c15-13-9-5-4-8-12(13)10-14(16)11-6-2-1-3-7-11/h1-3,5-7,9,12H,4,8,10H2. The predicted octanol–water partition coefficient (Wildman–Crippen LogP) is 2.79. The number of benzene rings is 1. The summed E-state index contributed by atoms with van der Waals surface area (Å²) in [6.07, 6.45) is 5.53. The maximum atomic E-state index is 11.9. The highest BCUT2D eigenvalue weighted by Gasteiger charge is 2.22. The molecule has 16 heavy (non-hydrogen) atoms. The van der Waals surface area contributed by atoms with Gasteiger partial charge in [-0.1, -0.05) is 36.4 Å². The van der Waals surface area contributed by atoms with E-state index in [9.17, 15) is 9.59 Å². The molecule has 2 heteroatoms. The lowest BCUT2D eigenvalue weighted by molar-refractivity contribution is -0.118. The molecule has 0 aliphatic heterocycles. The van der Waals surface area contributed by atoms with Crippen LogP contribution in [0.1, 0.15) is 29.6 Å². The molecule has 0 fully saturated rings. The maximum Gasteiger partial charge on any atom is 0.163 e. The van der Waals surface area contributed by atoms with Gasteiger partial charge in [-0.25, -0.2) is 0 Å². The van der Waals surface area contributed by atoms with Gasteiger partial charge in [0.15, 0.2) is 11.6 Å². The van der Waals surface area contributed by atoms with Gasteiger partial charge in [0.05, 0.1) is 0 Å². The maximum absolute atomic E-state index is 11.9. The van der Waals surface area contributed by atoms with Crippen molar-refractivity contribution in [2.75, 3.05) is 0 Å². The molecule has 0 spiro atoms. The summed E-state index contributed by atoms with van der Waals surface area (Å²) in [5.74, 6) is 0.0440. The van der Waals surface area contributed by atoms with Crippen molar-refractivity contribution in [2.45, 2.75) is 19.3 Å². The Hall–Kier alpha value is -1.70. The fourth-order valence-electron chi connectivity index (χ4n) is 1.94. The Morgan fingerprint density at radius 2 is 2.00 bits per heavy atom. The van der Waals surface area contributed by atoms with Gasteiger partial charge in [-0.15, -0.1) is 0 Å². The van der Waals surface area contributed by atoms with E-state index in [4.69, 9.17) is 0 Å². The second kappa shape index (κ2) is 4.88. The van der Waals surface area contributed by atoms with Crippen LogP contribution in [-0.4, -0.2) is 11.6 Å². The molecule has 82 valence electrons. The molecule has 2 rings (SSSR count). The van der Waals surface area contributed by atoms with Gasteiger partial charge in [0, 0.05) is 17.9 Å². The molecule has 1 unspecified atom stereocenters. The molecule has 1 aliphatic carbocycles. The molecule has 1 aromatic carbocycles. The second-order valence-corrected chi connectivity index (χ2v) is 4.07. The summed E-state index contributed by atoms with van der Waals surface area (Å²) >= 11 is 0. The number of allylic oxidation sites excluding steroid dienone is 2. The first-order valence-corrected chi connectivity index (χ1v) is 5.56. The van der Waals surface area contributed by atoms with Gasteiger partial charge in [0.2, 0.25) is 0 Å². The molecule has 0 N–H and O–H groups in total. The number of rotatable bonds is 3. The summed E-state index contributed by atoms with van der Waals surface area (Å²) in [5.41, 5.74) is 0.699. The van der Waals surface area contributed by atoms with Gasteiger partial charge in [-0.2, -0.15) is 0 Å². The van der Waals surface area contributed by atoms with Crippen molar-refractivity contribution >= 4 is 11.6 Å². The summed E-state index contributed by atoms with van der Waals surface area (Å²) < 4.78 is 0. The second-order valence-electron chi connectivity index (χ2n) is 4.07. The molecule has 0 amide bonds. The summed E-state index contributed by atoms with van der Waals surface area (Å²) in [4.78, 5) is 23.4. The molecule has 0 heterocycles. The van der Waals surface area contributed by atoms with Crippen LogP contribution in [-0.2, 0) is 4.79 Å². The highest BCUT2D eigenvalue weighted by Crippen LogP contribution is 2.20. The highest BCUT2D eigenvalue weighted by molar-refractivity contribution is 6.01. The zero-order chi connectivity index (χ0) is 11.4. The summed E-state index contributed by atoms with van der Waals surface area (Å²) in [7, 11) is 0. The Morgan fingerprint density at radius 1 is 1.25 bits per heavy atom. The first-order valence-electron chi connectivity index (χ1n) is 5.56. The van der Waals surface area contributed by atoms with Crippen LogP contribution < -0.4 is 0 Å². The van der Waals surface area contributed by atoms with Gasteiger partial charge < -0.3 is 0 Å².